The molecule has 4 aromatic rings. The number of rotatable bonds is 13. The highest BCUT2D eigenvalue weighted by atomic mass is 16.5. The van der Waals surface area contributed by atoms with Crippen LogP contribution in [-0.2, 0) is 29.1 Å². The second-order valence-electron chi connectivity index (χ2n) is 10.9. The lowest BCUT2D eigenvalue weighted by atomic mass is 9.89. The first kappa shape index (κ1) is 33.3. The molecule has 46 heavy (non-hydrogen) atoms. The van der Waals surface area contributed by atoms with Crippen LogP contribution in [-0.4, -0.2) is 62.1 Å². The van der Waals surface area contributed by atoms with Gasteiger partial charge in [-0.15, -0.1) is 0 Å². The van der Waals surface area contributed by atoms with Gasteiger partial charge >= 0.3 is 6.03 Å². The van der Waals surface area contributed by atoms with Crippen molar-refractivity contribution < 1.29 is 23.9 Å². The van der Waals surface area contributed by atoms with Crippen LogP contribution in [0.15, 0.2) is 91.1 Å². The average Bonchev–Trinajstić information content (AvgIpc) is 3.07. The quantitative estimate of drug-likeness (QED) is 0.178. The van der Waals surface area contributed by atoms with Crippen LogP contribution >= 0.6 is 0 Å². The molecule has 4 rings (SSSR count). The lowest BCUT2D eigenvalue weighted by Gasteiger charge is -2.24. The van der Waals surface area contributed by atoms with E-state index in [4.69, 9.17) is 15.2 Å². The first-order valence-corrected chi connectivity index (χ1v) is 14.8. The zero-order valence-corrected chi connectivity index (χ0v) is 26.4. The van der Waals surface area contributed by atoms with Crippen molar-refractivity contribution in [2.24, 2.45) is 0 Å². The highest BCUT2D eigenvalue weighted by Gasteiger charge is 2.28. The topological polar surface area (TPSA) is 148 Å². The second kappa shape index (κ2) is 15.9. The maximum Gasteiger partial charge on any atom is 0.317 e. The van der Waals surface area contributed by atoms with Crippen molar-refractivity contribution in [1.29, 1.82) is 0 Å². The molecule has 1 unspecified atom stereocenters. The van der Waals surface area contributed by atoms with Crippen molar-refractivity contribution in [1.82, 2.24) is 25.8 Å². The predicted molar refractivity (Wildman–Crippen MR) is 176 cm³/mol. The number of ether oxygens (including phenoxy) is 2. The molecule has 4 amide bonds. The van der Waals surface area contributed by atoms with Crippen molar-refractivity contribution in [3.8, 4) is 11.5 Å². The fourth-order valence-electron chi connectivity index (χ4n) is 4.83. The normalized spacial score (nSPS) is 11.3. The molecule has 0 radical (unpaired) electrons. The van der Waals surface area contributed by atoms with Crippen LogP contribution < -0.4 is 31.2 Å². The molecule has 0 bridgehead atoms. The standard InChI is InChI=1S/C35H40N6O5/c1-41(2)35(44)39-22-24-7-5-23(6-8-24)21-38-33(42)30(19-25-17-18-37-31(36)20-25)40-34(43)32(26-9-13-28(45-3)14-10-26)27-11-15-29(46-4)16-12-27/h5-18,20,30,32H,19,21-22H2,1-4H3,(H2,36,37)(H,38,42)(H,39,44)(H,40,43). The van der Waals surface area contributed by atoms with Crippen LogP contribution in [0, 0.1) is 0 Å². The number of nitrogen functional groups attached to an aromatic ring is 1. The van der Waals surface area contributed by atoms with Gasteiger partial charge in [0.05, 0.1) is 20.1 Å². The fraction of sp³-hybridized carbons (Fsp3) is 0.257. The summed E-state index contributed by atoms with van der Waals surface area (Å²) in [5.41, 5.74) is 9.92. The number of pyridine rings is 1. The van der Waals surface area contributed by atoms with Crippen LogP contribution in [0.25, 0.3) is 0 Å². The van der Waals surface area contributed by atoms with E-state index in [9.17, 15) is 14.4 Å². The van der Waals surface area contributed by atoms with E-state index in [1.807, 2.05) is 48.5 Å². The molecule has 0 aliphatic carbocycles. The summed E-state index contributed by atoms with van der Waals surface area (Å²) in [6, 6.07) is 24.4. The third kappa shape index (κ3) is 9.21. The highest BCUT2D eigenvalue weighted by molar-refractivity contribution is 5.92. The van der Waals surface area contributed by atoms with Crippen LogP contribution in [0.3, 0.4) is 0 Å². The van der Waals surface area contributed by atoms with Gasteiger partial charge in [-0.2, -0.15) is 0 Å². The molecular formula is C35H40N6O5. The summed E-state index contributed by atoms with van der Waals surface area (Å²) in [7, 11) is 6.52. The van der Waals surface area contributed by atoms with Gasteiger partial charge in [0.15, 0.2) is 0 Å². The van der Waals surface area contributed by atoms with Gasteiger partial charge in [0.2, 0.25) is 11.8 Å². The lowest BCUT2D eigenvalue weighted by Crippen LogP contribution is -2.49. The number of nitrogens with two attached hydrogens (primary N) is 1. The van der Waals surface area contributed by atoms with Crippen molar-refractivity contribution in [2.75, 3.05) is 34.0 Å². The van der Waals surface area contributed by atoms with Crippen LogP contribution in [0.2, 0.25) is 0 Å². The lowest BCUT2D eigenvalue weighted by molar-refractivity contribution is -0.129. The summed E-state index contributed by atoms with van der Waals surface area (Å²) in [5.74, 6) is 0.235. The number of nitrogens with zero attached hydrogens (tertiary/aromatic N) is 2. The Balaban J connectivity index is 1.53. The minimum Gasteiger partial charge on any atom is -0.497 e. The van der Waals surface area contributed by atoms with Gasteiger partial charge in [0.25, 0.3) is 0 Å². The molecule has 0 spiro atoms. The predicted octanol–water partition coefficient (Wildman–Crippen LogP) is 3.63. The van der Waals surface area contributed by atoms with E-state index in [1.165, 1.54) is 4.90 Å². The number of methoxy groups -OCH3 is 2. The Bertz CT molecular complexity index is 1560. The van der Waals surface area contributed by atoms with Crippen LogP contribution in [0.4, 0.5) is 10.6 Å². The summed E-state index contributed by atoms with van der Waals surface area (Å²) < 4.78 is 10.6. The minimum absolute atomic E-state index is 0.179. The van der Waals surface area contributed by atoms with Gasteiger partial charge < -0.3 is 36.1 Å². The summed E-state index contributed by atoms with van der Waals surface area (Å²) in [6.45, 7) is 0.630. The van der Waals surface area contributed by atoms with E-state index in [-0.39, 0.29) is 30.8 Å². The molecule has 5 N–H and O–H groups in total. The third-order valence-electron chi connectivity index (χ3n) is 7.42. The van der Waals surface area contributed by atoms with Crippen molar-refractivity contribution in [3.63, 3.8) is 0 Å². The summed E-state index contributed by atoms with van der Waals surface area (Å²) >= 11 is 0. The van der Waals surface area contributed by atoms with Crippen molar-refractivity contribution in [3.05, 3.63) is 119 Å². The summed E-state index contributed by atoms with van der Waals surface area (Å²) in [6.07, 6.45) is 1.77. The molecule has 3 aromatic carbocycles. The van der Waals surface area contributed by atoms with Gasteiger partial charge in [0.1, 0.15) is 23.4 Å². The molecule has 11 nitrogen and oxygen atoms in total. The number of hydrogen-bond donors (Lipinski definition) is 4. The average molecular weight is 625 g/mol. The zero-order chi connectivity index (χ0) is 33.1. The number of urea groups is 1. The summed E-state index contributed by atoms with van der Waals surface area (Å²) in [4.78, 5) is 45.1. The molecule has 0 saturated heterocycles. The largest absolute Gasteiger partial charge is 0.497 e. The molecule has 1 heterocycles. The molecule has 1 atom stereocenters. The number of hydrogen-bond acceptors (Lipinski definition) is 7. The number of benzene rings is 3. The van der Waals surface area contributed by atoms with E-state index < -0.39 is 12.0 Å². The Morgan fingerprint density at radius 2 is 1.26 bits per heavy atom. The number of amides is 4. The third-order valence-corrected chi connectivity index (χ3v) is 7.42. The van der Waals surface area contributed by atoms with E-state index in [0.717, 1.165) is 27.8 Å². The monoisotopic (exact) mass is 624 g/mol. The van der Waals surface area contributed by atoms with Gasteiger partial charge in [-0.1, -0.05) is 48.5 Å². The number of carbonyl (C=O) groups is 3. The van der Waals surface area contributed by atoms with Gasteiger partial charge in [0, 0.05) is 39.8 Å². The van der Waals surface area contributed by atoms with Crippen molar-refractivity contribution in [2.45, 2.75) is 31.5 Å². The first-order chi connectivity index (χ1) is 22.2. The van der Waals surface area contributed by atoms with Gasteiger partial charge in [-0.25, -0.2) is 9.78 Å². The van der Waals surface area contributed by atoms with E-state index >= 15 is 0 Å². The van der Waals surface area contributed by atoms with Crippen LogP contribution in [0.1, 0.15) is 33.7 Å². The molecule has 0 saturated carbocycles. The fourth-order valence-corrected chi connectivity index (χ4v) is 4.83. The molecule has 0 aliphatic rings. The zero-order valence-electron chi connectivity index (χ0n) is 26.4. The van der Waals surface area contributed by atoms with E-state index in [1.54, 1.807) is 70.9 Å². The molecule has 11 heteroatoms. The number of nitrogens with one attached hydrogen (secondary N) is 3. The number of anilines is 1. The van der Waals surface area contributed by atoms with Crippen molar-refractivity contribution >= 4 is 23.7 Å². The Kier molecular flexibility index (Phi) is 11.5. The molecular weight excluding hydrogens is 584 g/mol. The van der Waals surface area contributed by atoms with Crippen LogP contribution in [0.5, 0.6) is 11.5 Å². The first-order valence-electron chi connectivity index (χ1n) is 14.8. The van der Waals surface area contributed by atoms with E-state index in [0.29, 0.717) is 23.9 Å². The Hall–Kier alpha value is -5.58. The molecule has 0 fully saturated rings. The number of aromatic nitrogens is 1. The molecule has 1 aromatic heterocycles. The van der Waals surface area contributed by atoms with E-state index in [2.05, 4.69) is 20.9 Å². The minimum atomic E-state index is -0.909. The summed E-state index contributed by atoms with van der Waals surface area (Å²) in [5, 5.41) is 8.79. The van der Waals surface area contributed by atoms with Gasteiger partial charge in [-0.05, 0) is 64.2 Å². The van der Waals surface area contributed by atoms with Gasteiger partial charge in [-0.3, -0.25) is 9.59 Å². The Labute approximate surface area is 269 Å². The Morgan fingerprint density at radius 3 is 1.74 bits per heavy atom. The highest BCUT2D eigenvalue weighted by Crippen LogP contribution is 2.28. The Morgan fingerprint density at radius 1 is 0.739 bits per heavy atom. The second-order valence-corrected chi connectivity index (χ2v) is 10.9. The SMILES string of the molecule is COc1ccc(C(C(=O)NC(Cc2ccnc(N)c2)C(=O)NCc2ccc(CNC(=O)N(C)C)cc2)c2ccc(OC)cc2)cc1. The smallest absolute Gasteiger partial charge is 0.317 e. The number of carbonyl (C=O) groups excluding carboxylic acids is 3. The maximum absolute atomic E-state index is 14.1. The maximum atomic E-state index is 14.1. The molecule has 0 aliphatic heterocycles. The molecule has 240 valence electrons.